The Bertz CT molecular complexity index is 253. The van der Waals surface area contributed by atoms with E-state index in [1.54, 1.807) is 19.2 Å². The van der Waals surface area contributed by atoms with Crippen LogP contribution in [-0.4, -0.2) is 18.1 Å². The molecule has 3 heteroatoms. The molecule has 0 amide bonds. The average Bonchev–Trinajstić information content (AvgIpc) is 2.05. The molecule has 1 aromatic carbocycles. The lowest BCUT2D eigenvalue weighted by Crippen LogP contribution is -1.95. The molecule has 1 N–H and O–H groups in total. The molecule has 0 aromatic heterocycles. The summed E-state index contributed by atoms with van der Waals surface area (Å²) in [7, 11) is 1.66. The largest absolute Gasteiger partial charge is 0.478 e. The van der Waals surface area contributed by atoms with E-state index in [-0.39, 0.29) is 5.56 Å². The van der Waals surface area contributed by atoms with E-state index in [9.17, 15) is 4.79 Å². The standard InChI is InChI=1S/C8H8NO2/c1-9-7-4-2-6(3-5-7)8(10)11/h2-5H,1H3,(H,10,11). The van der Waals surface area contributed by atoms with E-state index in [1.165, 1.54) is 12.1 Å². The summed E-state index contributed by atoms with van der Waals surface area (Å²) in [5.41, 5.74) is 1.08. The van der Waals surface area contributed by atoms with Crippen molar-refractivity contribution in [1.82, 2.24) is 5.32 Å². The highest BCUT2D eigenvalue weighted by atomic mass is 16.4. The van der Waals surface area contributed by atoms with Crippen LogP contribution in [0.4, 0.5) is 5.69 Å². The molecule has 0 fully saturated rings. The van der Waals surface area contributed by atoms with Crippen LogP contribution in [0.15, 0.2) is 24.3 Å². The number of aromatic carboxylic acids is 1. The van der Waals surface area contributed by atoms with E-state index in [2.05, 4.69) is 5.32 Å². The Kier molecular flexibility index (Phi) is 2.11. The van der Waals surface area contributed by atoms with E-state index in [0.717, 1.165) is 5.69 Å². The minimum absolute atomic E-state index is 0.289. The van der Waals surface area contributed by atoms with Crippen LogP contribution in [0.25, 0.3) is 0 Å². The number of benzene rings is 1. The van der Waals surface area contributed by atoms with Crippen molar-refractivity contribution in [2.45, 2.75) is 0 Å². The van der Waals surface area contributed by atoms with Gasteiger partial charge in [0.2, 0.25) is 0 Å². The Labute approximate surface area is 64.7 Å². The molecule has 0 aliphatic rings. The molecule has 0 saturated carbocycles. The Morgan fingerprint density at radius 1 is 1.36 bits per heavy atom. The fraction of sp³-hybridized carbons (Fsp3) is 0.125. The van der Waals surface area contributed by atoms with Crippen molar-refractivity contribution in [1.29, 1.82) is 0 Å². The number of rotatable bonds is 2. The third kappa shape index (κ3) is 1.70. The number of carbonyl (C=O) groups is 1. The second-order valence-corrected chi connectivity index (χ2v) is 2.08. The van der Waals surface area contributed by atoms with Gasteiger partial charge in [-0.1, -0.05) is 0 Å². The van der Waals surface area contributed by atoms with E-state index in [1.807, 2.05) is 0 Å². The molecule has 0 unspecified atom stereocenters. The predicted molar refractivity (Wildman–Crippen MR) is 41.1 cm³/mol. The fourth-order valence-electron chi connectivity index (χ4n) is 0.753. The van der Waals surface area contributed by atoms with Crippen LogP contribution in [0, 0.1) is 0 Å². The van der Waals surface area contributed by atoms with Gasteiger partial charge in [0.15, 0.2) is 0 Å². The highest BCUT2D eigenvalue weighted by Crippen LogP contribution is 2.07. The molecule has 0 aliphatic carbocycles. The Balaban J connectivity index is 2.91. The first kappa shape index (κ1) is 7.60. The Hall–Kier alpha value is -1.51. The van der Waals surface area contributed by atoms with Crippen molar-refractivity contribution in [2.75, 3.05) is 7.05 Å². The summed E-state index contributed by atoms with van der Waals surface area (Å²) in [4.78, 5) is 10.4. The first-order valence-corrected chi connectivity index (χ1v) is 3.17. The zero-order chi connectivity index (χ0) is 8.27. The number of carboxylic acids is 1. The van der Waals surface area contributed by atoms with Crippen molar-refractivity contribution < 1.29 is 9.90 Å². The first-order chi connectivity index (χ1) is 5.24. The van der Waals surface area contributed by atoms with Crippen LogP contribution in [0.1, 0.15) is 10.4 Å². The van der Waals surface area contributed by atoms with E-state index >= 15 is 0 Å². The minimum Gasteiger partial charge on any atom is -0.478 e. The smallest absolute Gasteiger partial charge is 0.335 e. The second-order valence-electron chi connectivity index (χ2n) is 2.08. The molecular formula is C8H8NO2. The zero-order valence-electron chi connectivity index (χ0n) is 6.11. The molecule has 0 saturated heterocycles. The van der Waals surface area contributed by atoms with Crippen LogP contribution >= 0.6 is 0 Å². The van der Waals surface area contributed by atoms with Gasteiger partial charge >= 0.3 is 5.97 Å². The van der Waals surface area contributed by atoms with Crippen molar-refractivity contribution >= 4 is 11.7 Å². The molecule has 0 bridgehead atoms. The summed E-state index contributed by atoms with van der Waals surface area (Å²) >= 11 is 0. The number of hydrogen-bond donors (Lipinski definition) is 1. The number of hydrogen-bond acceptors (Lipinski definition) is 1. The van der Waals surface area contributed by atoms with Crippen molar-refractivity contribution in [3.05, 3.63) is 29.8 Å². The monoisotopic (exact) mass is 150 g/mol. The Morgan fingerprint density at radius 2 is 1.91 bits per heavy atom. The molecule has 1 rings (SSSR count). The summed E-state index contributed by atoms with van der Waals surface area (Å²) < 4.78 is 0. The number of carboxylic acid groups (broad SMARTS) is 1. The van der Waals surface area contributed by atoms with Gasteiger partial charge in [0.05, 0.1) is 11.3 Å². The van der Waals surface area contributed by atoms with Gasteiger partial charge in [0.1, 0.15) is 0 Å². The van der Waals surface area contributed by atoms with Gasteiger partial charge in [-0.3, -0.25) is 5.32 Å². The van der Waals surface area contributed by atoms with Crippen molar-refractivity contribution in [3.63, 3.8) is 0 Å². The summed E-state index contributed by atoms with van der Waals surface area (Å²) in [6, 6.07) is 6.40. The van der Waals surface area contributed by atoms with Gasteiger partial charge < -0.3 is 5.11 Å². The molecular weight excluding hydrogens is 142 g/mol. The molecule has 0 atom stereocenters. The highest BCUT2D eigenvalue weighted by molar-refractivity contribution is 5.87. The van der Waals surface area contributed by atoms with Gasteiger partial charge in [0.25, 0.3) is 0 Å². The van der Waals surface area contributed by atoms with Crippen LogP contribution in [0.5, 0.6) is 0 Å². The molecule has 1 aromatic rings. The molecule has 57 valence electrons. The van der Waals surface area contributed by atoms with Gasteiger partial charge in [-0.2, -0.15) is 0 Å². The first-order valence-electron chi connectivity index (χ1n) is 3.17. The lowest BCUT2D eigenvalue weighted by molar-refractivity contribution is 0.0697. The third-order valence-electron chi connectivity index (χ3n) is 1.37. The quantitative estimate of drug-likeness (QED) is 0.689. The maximum Gasteiger partial charge on any atom is 0.335 e. The topological polar surface area (TPSA) is 51.4 Å². The molecule has 0 aliphatic heterocycles. The van der Waals surface area contributed by atoms with Crippen LogP contribution in [0.2, 0.25) is 0 Å². The SMILES string of the molecule is C[N]c1ccc(C(=O)O)cc1. The zero-order valence-corrected chi connectivity index (χ0v) is 6.11. The van der Waals surface area contributed by atoms with Crippen LogP contribution < -0.4 is 5.32 Å². The molecule has 11 heavy (non-hydrogen) atoms. The fourth-order valence-corrected chi connectivity index (χ4v) is 0.753. The van der Waals surface area contributed by atoms with E-state index in [0.29, 0.717) is 0 Å². The average molecular weight is 150 g/mol. The van der Waals surface area contributed by atoms with Gasteiger partial charge in [0, 0.05) is 7.05 Å². The van der Waals surface area contributed by atoms with Gasteiger partial charge in [-0.15, -0.1) is 0 Å². The summed E-state index contributed by atoms with van der Waals surface area (Å²) in [6.07, 6.45) is 0. The molecule has 1 radical (unpaired) electrons. The minimum atomic E-state index is -0.910. The summed E-state index contributed by atoms with van der Waals surface area (Å²) in [6.45, 7) is 0. The molecule has 0 spiro atoms. The van der Waals surface area contributed by atoms with Crippen LogP contribution in [0.3, 0.4) is 0 Å². The third-order valence-corrected chi connectivity index (χ3v) is 1.37. The van der Waals surface area contributed by atoms with Crippen molar-refractivity contribution in [2.24, 2.45) is 0 Å². The predicted octanol–water partition coefficient (Wildman–Crippen LogP) is 1.25. The van der Waals surface area contributed by atoms with E-state index in [4.69, 9.17) is 5.11 Å². The van der Waals surface area contributed by atoms with Gasteiger partial charge in [-0.25, -0.2) is 4.79 Å². The molecule has 0 heterocycles. The maximum absolute atomic E-state index is 10.4. The normalized spacial score (nSPS) is 9.18. The summed E-state index contributed by atoms with van der Waals surface area (Å²) in [5, 5.41) is 12.4. The lowest BCUT2D eigenvalue weighted by Gasteiger charge is -1.96. The summed E-state index contributed by atoms with van der Waals surface area (Å²) in [5.74, 6) is -0.910. The van der Waals surface area contributed by atoms with Crippen molar-refractivity contribution in [3.8, 4) is 0 Å². The van der Waals surface area contributed by atoms with E-state index < -0.39 is 5.97 Å². The maximum atomic E-state index is 10.4. The number of nitrogens with zero attached hydrogens (tertiary/aromatic N) is 1. The second kappa shape index (κ2) is 3.05. The van der Waals surface area contributed by atoms with Gasteiger partial charge in [-0.05, 0) is 24.3 Å². The lowest BCUT2D eigenvalue weighted by atomic mass is 10.2. The van der Waals surface area contributed by atoms with Crippen LogP contribution in [-0.2, 0) is 0 Å². The highest BCUT2D eigenvalue weighted by Gasteiger charge is 1.99. The molecule has 3 nitrogen and oxygen atoms in total. The Morgan fingerprint density at radius 3 is 2.27 bits per heavy atom.